The van der Waals surface area contributed by atoms with Crippen LogP contribution in [0.25, 0.3) is 11.0 Å². The molecule has 2 amide bonds. The van der Waals surface area contributed by atoms with Gasteiger partial charge in [0.05, 0.1) is 23.8 Å². The van der Waals surface area contributed by atoms with Gasteiger partial charge in [-0.15, -0.1) is 13.2 Å². The van der Waals surface area contributed by atoms with Gasteiger partial charge in [-0.3, -0.25) is 9.59 Å². The highest BCUT2D eigenvalue weighted by Gasteiger charge is 2.36. The van der Waals surface area contributed by atoms with Gasteiger partial charge in [-0.05, 0) is 24.3 Å². The highest BCUT2D eigenvalue weighted by molar-refractivity contribution is 5.98. The molecule has 2 heterocycles. The summed E-state index contributed by atoms with van der Waals surface area (Å²) < 4.78 is 7.41. The molecular formula is C26H28N4O3. The minimum atomic E-state index is -0.144. The molecule has 7 nitrogen and oxygen atoms in total. The summed E-state index contributed by atoms with van der Waals surface area (Å²) in [7, 11) is 1.60. The first kappa shape index (κ1) is 22.3. The van der Waals surface area contributed by atoms with E-state index < -0.39 is 0 Å². The number of methoxy groups -OCH3 is 1. The number of nitrogens with zero attached hydrogens (tertiary/aromatic N) is 4. The monoisotopic (exact) mass is 444 g/mol. The largest absolute Gasteiger partial charge is 0.495 e. The highest BCUT2D eigenvalue weighted by Crippen LogP contribution is 2.37. The molecule has 1 aliphatic heterocycles. The molecule has 7 heteroatoms. The lowest BCUT2D eigenvalue weighted by molar-refractivity contribution is -0.130. The zero-order valence-electron chi connectivity index (χ0n) is 18.8. The standard InChI is InChI=1S/C26H28N4O3/c1-4-14-28(15-5-2)25(32)18-30-21-11-7-6-10-20(21)27-26(30)19-16-24(31)29(17-19)22-12-8-9-13-23(22)33-3/h4-13,19H,1-2,14-18H2,3H3/t19-/m0/s1. The summed E-state index contributed by atoms with van der Waals surface area (Å²) in [5.41, 5.74) is 2.43. The topological polar surface area (TPSA) is 67.7 Å². The van der Waals surface area contributed by atoms with Gasteiger partial charge in [0.15, 0.2) is 0 Å². The van der Waals surface area contributed by atoms with Crippen molar-refractivity contribution >= 4 is 28.5 Å². The number of carbonyl (C=O) groups excluding carboxylic acids is 2. The van der Waals surface area contributed by atoms with Gasteiger partial charge in [0, 0.05) is 32.0 Å². The van der Waals surface area contributed by atoms with Gasteiger partial charge in [0.25, 0.3) is 0 Å². The fourth-order valence-electron chi connectivity index (χ4n) is 4.36. The second kappa shape index (κ2) is 9.73. The SMILES string of the molecule is C=CCN(CC=C)C(=O)Cn1c([C@H]2CC(=O)N(c3ccccc3OC)C2)nc2ccccc21. The van der Waals surface area contributed by atoms with E-state index in [2.05, 4.69) is 13.2 Å². The average Bonchev–Trinajstić information content (AvgIpc) is 3.39. The summed E-state index contributed by atoms with van der Waals surface area (Å²) in [6.07, 6.45) is 3.72. The smallest absolute Gasteiger partial charge is 0.243 e. The molecule has 4 rings (SSSR count). The Bertz CT molecular complexity index is 1190. The van der Waals surface area contributed by atoms with Crippen molar-refractivity contribution in [1.29, 1.82) is 0 Å². The number of hydrogen-bond acceptors (Lipinski definition) is 4. The zero-order chi connectivity index (χ0) is 23.4. The van der Waals surface area contributed by atoms with Crippen LogP contribution in [0.1, 0.15) is 18.2 Å². The van der Waals surface area contributed by atoms with Crippen LogP contribution in [0.15, 0.2) is 73.8 Å². The molecule has 0 spiro atoms. The van der Waals surface area contributed by atoms with Gasteiger partial charge in [-0.25, -0.2) is 4.98 Å². The molecule has 1 fully saturated rings. The maximum Gasteiger partial charge on any atom is 0.243 e. The highest BCUT2D eigenvalue weighted by atomic mass is 16.5. The Morgan fingerprint density at radius 3 is 2.58 bits per heavy atom. The summed E-state index contributed by atoms with van der Waals surface area (Å²) in [6.45, 7) is 8.99. The van der Waals surface area contributed by atoms with E-state index in [4.69, 9.17) is 9.72 Å². The second-order valence-corrected chi connectivity index (χ2v) is 8.00. The van der Waals surface area contributed by atoms with Crippen molar-refractivity contribution < 1.29 is 14.3 Å². The Morgan fingerprint density at radius 1 is 1.15 bits per heavy atom. The summed E-state index contributed by atoms with van der Waals surface area (Å²) in [5, 5.41) is 0. The van der Waals surface area contributed by atoms with Crippen LogP contribution in [-0.2, 0) is 16.1 Å². The van der Waals surface area contributed by atoms with Gasteiger partial charge >= 0.3 is 0 Å². The van der Waals surface area contributed by atoms with E-state index in [1.165, 1.54) is 0 Å². The van der Waals surface area contributed by atoms with Crippen LogP contribution < -0.4 is 9.64 Å². The fourth-order valence-corrected chi connectivity index (χ4v) is 4.36. The quantitative estimate of drug-likeness (QED) is 0.471. The third-order valence-electron chi connectivity index (χ3n) is 5.90. The first-order chi connectivity index (χ1) is 16.1. The number of benzene rings is 2. The number of para-hydroxylation sites is 4. The Kier molecular flexibility index (Phi) is 6.58. The number of aromatic nitrogens is 2. The molecule has 0 saturated carbocycles. The molecule has 3 aromatic rings. The minimum absolute atomic E-state index is 0.00868. The van der Waals surface area contributed by atoms with Gasteiger partial charge in [0.2, 0.25) is 11.8 Å². The van der Waals surface area contributed by atoms with Crippen molar-refractivity contribution in [1.82, 2.24) is 14.5 Å². The molecule has 0 bridgehead atoms. The maximum atomic E-state index is 13.1. The van der Waals surface area contributed by atoms with E-state index in [-0.39, 0.29) is 24.3 Å². The summed E-state index contributed by atoms with van der Waals surface area (Å²) in [5.74, 6) is 1.21. The molecule has 2 aromatic carbocycles. The van der Waals surface area contributed by atoms with Crippen molar-refractivity contribution in [3.63, 3.8) is 0 Å². The van der Waals surface area contributed by atoms with Crippen molar-refractivity contribution in [2.24, 2.45) is 0 Å². The number of amides is 2. The second-order valence-electron chi connectivity index (χ2n) is 8.00. The van der Waals surface area contributed by atoms with Crippen molar-refractivity contribution in [2.75, 3.05) is 31.6 Å². The number of rotatable bonds is 9. The number of carbonyl (C=O) groups is 2. The van der Waals surface area contributed by atoms with E-state index in [1.54, 1.807) is 29.1 Å². The first-order valence-electron chi connectivity index (χ1n) is 11.0. The van der Waals surface area contributed by atoms with E-state index in [1.807, 2.05) is 53.1 Å². The number of anilines is 1. The number of ether oxygens (including phenoxy) is 1. The molecule has 0 radical (unpaired) electrons. The molecule has 1 saturated heterocycles. The third kappa shape index (κ3) is 4.39. The van der Waals surface area contributed by atoms with Crippen molar-refractivity contribution in [2.45, 2.75) is 18.9 Å². The van der Waals surface area contributed by atoms with Gasteiger partial charge in [-0.1, -0.05) is 36.4 Å². The van der Waals surface area contributed by atoms with Crippen LogP contribution in [0, 0.1) is 0 Å². The van der Waals surface area contributed by atoms with Gasteiger partial charge < -0.3 is 19.1 Å². The van der Waals surface area contributed by atoms with Crippen LogP contribution in [-0.4, -0.2) is 53.0 Å². The summed E-state index contributed by atoms with van der Waals surface area (Å²) in [4.78, 5) is 34.4. The lowest BCUT2D eigenvalue weighted by Gasteiger charge is -2.22. The lowest BCUT2D eigenvalue weighted by atomic mass is 10.1. The number of imidazole rings is 1. The fraction of sp³-hybridized carbons (Fsp3) is 0.269. The Labute approximate surface area is 193 Å². The van der Waals surface area contributed by atoms with Crippen LogP contribution in [0.4, 0.5) is 5.69 Å². The molecule has 1 aromatic heterocycles. The molecule has 170 valence electrons. The van der Waals surface area contributed by atoms with E-state index in [9.17, 15) is 9.59 Å². The molecule has 0 aliphatic carbocycles. The van der Waals surface area contributed by atoms with E-state index in [0.29, 0.717) is 31.8 Å². The summed E-state index contributed by atoms with van der Waals surface area (Å²) in [6, 6.07) is 15.2. The molecule has 1 aliphatic rings. The zero-order valence-corrected chi connectivity index (χ0v) is 18.8. The number of hydrogen-bond donors (Lipinski definition) is 0. The minimum Gasteiger partial charge on any atom is -0.495 e. The molecule has 1 atom stereocenters. The Morgan fingerprint density at radius 2 is 1.85 bits per heavy atom. The predicted molar refractivity (Wildman–Crippen MR) is 129 cm³/mol. The predicted octanol–water partition coefficient (Wildman–Crippen LogP) is 3.77. The Hall–Kier alpha value is -3.87. The van der Waals surface area contributed by atoms with Crippen molar-refractivity contribution in [3.8, 4) is 5.75 Å². The summed E-state index contributed by atoms with van der Waals surface area (Å²) >= 11 is 0. The van der Waals surface area contributed by atoms with E-state index >= 15 is 0 Å². The van der Waals surface area contributed by atoms with Crippen LogP contribution >= 0.6 is 0 Å². The average molecular weight is 445 g/mol. The van der Waals surface area contributed by atoms with Crippen LogP contribution in [0.2, 0.25) is 0 Å². The molecule has 0 N–H and O–H groups in total. The van der Waals surface area contributed by atoms with Gasteiger partial charge in [-0.2, -0.15) is 0 Å². The van der Waals surface area contributed by atoms with Crippen LogP contribution in [0.5, 0.6) is 5.75 Å². The maximum absolute atomic E-state index is 13.1. The van der Waals surface area contributed by atoms with Gasteiger partial charge in [0.1, 0.15) is 18.1 Å². The van der Waals surface area contributed by atoms with Crippen LogP contribution in [0.3, 0.4) is 0 Å². The first-order valence-corrected chi connectivity index (χ1v) is 11.0. The molecule has 0 unspecified atom stereocenters. The third-order valence-corrected chi connectivity index (χ3v) is 5.90. The molecule has 33 heavy (non-hydrogen) atoms. The Balaban J connectivity index is 1.68. The van der Waals surface area contributed by atoms with Crippen molar-refractivity contribution in [3.05, 3.63) is 79.7 Å². The number of fused-ring (bicyclic) bond motifs is 1. The molecular weight excluding hydrogens is 416 g/mol. The van der Waals surface area contributed by atoms with E-state index in [0.717, 1.165) is 22.5 Å². The lowest BCUT2D eigenvalue weighted by Crippen LogP contribution is -2.34. The normalized spacial score (nSPS) is 15.6.